The molecule has 19 heavy (non-hydrogen) atoms. The summed E-state index contributed by atoms with van der Waals surface area (Å²) in [6.07, 6.45) is 2.66. The molecule has 0 aliphatic rings. The van der Waals surface area contributed by atoms with Crippen LogP contribution in [0.3, 0.4) is 0 Å². The normalized spacial score (nSPS) is 11.6. The van der Waals surface area contributed by atoms with Crippen molar-refractivity contribution in [1.82, 2.24) is 0 Å². The molecule has 4 nitrogen and oxygen atoms in total. The molecule has 1 rings (SSSR count). The molecule has 0 aliphatic heterocycles. The lowest BCUT2D eigenvalue weighted by Crippen LogP contribution is -2.15. The fourth-order valence-corrected chi connectivity index (χ4v) is 1.42. The van der Waals surface area contributed by atoms with Crippen LogP contribution < -0.4 is 10.1 Å². The smallest absolute Gasteiger partial charge is 0.246 e. The number of aliphatic imine (C=N–C) groups is 1. The maximum atomic E-state index is 11.7. The van der Waals surface area contributed by atoms with Crippen molar-refractivity contribution in [2.24, 2.45) is 10.4 Å². The van der Waals surface area contributed by atoms with E-state index in [1.165, 1.54) is 0 Å². The summed E-state index contributed by atoms with van der Waals surface area (Å²) in [6, 6.07) is 7.31. The van der Waals surface area contributed by atoms with Crippen LogP contribution in [0.1, 0.15) is 27.2 Å². The number of benzene rings is 1. The maximum absolute atomic E-state index is 11.7. The molecule has 0 atom stereocenters. The maximum Gasteiger partial charge on any atom is 0.246 e. The third kappa shape index (κ3) is 6.04. The number of nitrogens with one attached hydrogen (secondary N) is 1. The fourth-order valence-electron chi connectivity index (χ4n) is 1.42. The van der Waals surface area contributed by atoms with Crippen molar-refractivity contribution < 1.29 is 9.53 Å². The van der Waals surface area contributed by atoms with E-state index in [9.17, 15) is 4.79 Å². The van der Waals surface area contributed by atoms with E-state index >= 15 is 0 Å². The lowest BCUT2D eigenvalue weighted by atomic mass is 9.93. The third-order valence-corrected chi connectivity index (χ3v) is 2.45. The number of nitrogens with zero attached hydrogens (tertiary/aromatic N) is 1. The zero-order chi connectivity index (χ0) is 14.3. The second kappa shape index (κ2) is 6.92. The second-order valence-electron chi connectivity index (χ2n) is 5.54. The Morgan fingerprint density at radius 3 is 2.68 bits per heavy atom. The van der Waals surface area contributed by atoms with E-state index in [0.29, 0.717) is 11.4 Å². The van der Waals surface area contributed by atoms with Gasteiger partial charge in [0.2, 0.25) is 5.91 Å². The monoisotopic (exact) mass is 262 g/mol. The van der Waals surface area contributed by atoms with Crippen LogP contribution in [0, 0.1) is 5.41 Å². The van der Waals surface area contributed by atoms with Gasteiger partial charge in [-0.1, -0.05) is 32.9 Å². The fraction of sp³-hybridized carbons (Fsp3) is 0.467. The molecular weight excluding hydrogens is 240 g/mol. The summed E-state index contributed by atoms with van der Waals surface area (Å²) in [5.41, 5.74) is 0.865. The van der Waals surface area contributed by atoms with Crippen molar-refractivity contribution in [3.63, 3.8) is 0 Å². The van der Waals surface area contributed by atoms with Gasteiger partial charge in [0.25, 0.3) is 0 Å². The van der Waals surface area contributed by atoms with Gasteiger partial charge < -0.3 is 10.1 Å². The summed E-state index contributed by atoms with van der Waals surface area (Å²) in [7, 11) is 1.58. The van der Waals surface area contributed by atoms with Crippen LogP contribution in [0.4, 0.5) is 5.69 Å². The van der Waals surface area contributed by atoms with Gasteiger partial charge >= 0.3 is 0 Å². The first-order valence-corrected chi connectivity index (χ1v) is 6.33. The van der Waals surface area contributed by atoms with Crippen molar-refractivity contribution in [2.75, 3.05) is 19.0 Å². The molecule has 0 heterocycles. The number of carbonyl (C=O) groups is 1. The number of para-hydroxylation sites is 2. The molecule has 0 bridgehead atoms. The zero-order valence-electron chi connectivity index (χ0n) is 12.1. The minimum atomic E-state index is -0.144. The number of anilines is 1. The van der Waals surface area contributed by atoms with Gasteiger partial charge in [0.05, 0.1) is 12.8 Å². The first kappa shape index (κ1) is 15.2. The number of carbonyl (C=O) groups excluding carboxylic acids is 1. The highest BCUT2D eigenvalue weighted by Crippen LogP contribution is 2.22. The van der Waals surface area contributed by atoms with Gasteiger partial charge in [-0.15, -0.1) is 0 Å². The molecule has 0 aromatic heterocycles. The van der Waals surface area contributed by atoms with Crippen LogP contribution >= 0.6 is 0 Å². The average molecular weight is 262 g/mol. The largest absolute Gasteiger partial charge is 0.495 e. The topological polar surface area (TPSA) is 50.7 Å². The Kier molecular flexibility index (Phi) is 5.55. The van der Waals surface area contributed by atoms with E-state index in [1.807, 2.05) is 18.3 Å². The van der Waals surface area contributed by atoms with E-state index < -0.39 is 0 Å². The molecule has 1 amide bonds. The summed E-state index contributed by atoms with van der Waals surface area (Å²) in [5, 5.41) is 2.78. The number of hydrogen-bond donors (Lipinski definition) is 1. The van der Waals surface area contributed by atoms with Crippen molar-refractivity contribution in [3.8, 4) is 5.75 Å². The highest BCUT2D eigenvalue weighted by Gasteiger charge is 2.08. The van der Waals surface area contributed by atoms with E-state index in [-0.39, 0.29) is 17.9 Å². The van der Waals surface area contributed by atoms with Gasteiger partial charge in [-0.05, 0) is 30.2 Å². The Bertz CT molecular complexity index is 448. The third-order valence-electron chi connectivity index (χ3n) is 2.45. The molecule has 0 saturated heterocycles. The Morgan fingerprint density at radius 2 is 2.05 bits per heavy atom. The standard InChI is InChI=1S/C15H22N2O2/c1-15(2,3)9-10-16-11-14(18)17-12-7-5-6-8-13(12)19-4/h5-8,10H,9,11H2,1-4H3,(H,17,18)/b16-10+. The average Bonchev–Trinajstić information content (AvgIpc) is 2.34. The molecule has 0 radical (unpaired) electrons. The van der Waals surface area contributed by atoms with Crippen molar-refractivity contribution in [2.45, 2.75) is 27.2 Å². The minimum Gasteiger partial charge on any atom is -0.495 e. The van der Waals surface area contributed by atoms with Crippen LogP contribution in [0.25, 0.3) is 0 Å². The number of methoxy groups -OCH3 is 1. The Balaban J connectivity index is 2.47. The van der Waals surface area contributed by atoms with Gasteiger partial charge in [0, 0.05) is 0 Å². The van der Waals surface area contributed by atoms with Gasteiger partial charge in [-0.25, -0.2) is 0 Å². The molecule has 104 valence electrons. The molecule has 0 spiro atoms. The molecule has 0 fully saturated rings. The second-order valence-corrected chi connectivity index (χ2v) is 5.54. The van der Waals surface area contributed by atoms with Crippen LogP contribution in [0.15, 0.2) is 29.3 Å². The quantitative estimate of drug-likeness (QED) is 0.829. The van der Waals surface area contributed by atoms with Crippen LogP contribution in [-0.4, -0.2) is 25.8 Å². The number of ether oxygens (including phenoxy) is 1. The van der Waals surface area contributed by atoms with Gasteiger partial charge in [-0.2, -0.15) is 0 Å². The number of amides is 1. The predicted molar refractivity (Wildman–Crippen MR) is 79.1 cm³/mol. The lowest BCUT2D eigenvalue weighted by molar-refractivity contribution is -0.114. The van der Waals surface area contributed by atoms with Gasteiger partial charge in [0.1, 0.15) is 12.3 Å². The predicted octanol–water partition coefficient (Wildman–Crippen LogP) is 3.14. The molecule has 4 heteroatoms. The van der Waals surface area contributed by atoms with E-state index in [1.54, 1.807) is 19.2 Å². The molecule has 0 saturated carbocycles. The number of hydrogen-bond acceptors (Lipinski definition) is 3. The first-order chi connectivity index (χ1) is 8.92. The molecule has 0 unspecified atom stereocenters. The molecule has 1 N–H and O–H groups in total. The minimum absolute atomic E-state index is 0.133. The Hall–Kier alpha value is -1.84. The summed E-state index contributed by atoms with van der Waals surface area (Å²) < 4.78 is 5.16. The van der Waals surface area contributed by atoms with Gasteiger partial charge in [0.15, 0.2) is 0 Å². The lowest BCUT2D eigenvalue weighted by Gasteiger charge is -2.13. The summed E-state index contributed by atoms with van der Waals surface area (Å²) in [5.74, 6) is 0.504. The van der Waals surface area contributed by atoms with Gasteiger partial charge in [-0.3, -0.25) is 9.79 Å². The molecule has 1 aromatic rings. The van der Waals surface area contributed by atoms with E-state index in [2.05, 4.69) is 31.1 Å². The molecule has 1 aromatic carbocycles. The van der Waals surface area contributed by atoms with Crippen molar-refractivity contribution in [1.29, 1.82) is 0 Å². The summed E-state index contributed by atoms with van der Waals surface area (Å²) in [4.78, 5) is 15.9. The molecule has 0 aliphatic carbocycles. The van der Waals surface area contributed by atoms with Crippen LogP contribution in [0.5, 0.6) is 5.75 Å². The van der Waals surface area contributed by atoms with Crippen LogP contribution in [-0.2, 0) is 4.79 Å². The van der Waals surface area contributed by atoms with E-state index in [4.69, 9.17) is 4.74 Å². The van der Waals surface area contributed by atoms with Crippen molar-refractivity contribution >= 4 is 17.8 Å². The highest BCUT2D eigenvalue weighted by atomic mass is 16.5. The van der Waals surface area contributed by atoms with Crippen molar-refractivity contribution in [3.05, 3.63) is 24.3 Å². The summed E-state index contributed by atoms with van der Waals surface area (Å²) >= 11 is 0. The SMILES string of the molecule is COc1ccccc1NC(=O)C/N=C/CC(C)(C)C. The number of rotatable bonds is 5. The highest BCUT2D eigenvalue weighted by molar-refractivity contribution is 5.94. The molecular formula is C15H22N2O2. The summed E-state index contributed by atoms with van der Waals surface area (Å²) in [6.45, 7) is 6.53. The Labute approximate surface area is 114 Å². The first-order valence-electron chi connectivity index (χ1n) is 6.33. The van der Waals surface area contributed by atoms with E-state index in [0.717, 1.165) is 6.42 Å². The zero-order valence-corrected chi connectivity index (χ0v) is 12.1. The van der Waals surface area contributed by atoms with Crippen LogP contribution in [0.2, 0.25) is 0 Å². The Morgan fingerprint density at radius 1 is 1.37 bits per heavy atom.